The summed E-state index contributed by atoms with van der Waals surface area (Å²) in [6.07, 6.45) is 0.794. The van der Waals surface area contributed by atoms with Gasteiger partial charge in [-0.05, 0) is 19.4 Å². The van der Waals surface area contributed by atoms with E-state index < -0.39 is 11.6 Å². The highest BCUT2D eigenvalue weighted by molar-refractivity contribution is 6.59. The van der Waals surface area contributed by atoms with Crippen LogP contribution >= 0.6 is 0 Å². The molecule has 0 fully saturated rings. The number of ketones is 2. The van der Waals surface area contributed by atoms with Crippen molar-refractivity contribution in [3.63, 3.8) is 0 Å². The summed E-state index contributed by atoms with van der Waals surface area (Å²) in [5, 5.41) is 10.8. The quantitative estimate of drug-likeness (QED) is 0.681. The zero-order chi connectivity index (χ0) is 18.0. The lowest BCUT2D eigenvalue weighted by Gasteiger charge is -2.20. The maximum atomic E-state index is 12.7. The van der Waals surface area contributed by atoms with E-state index in [2.05, 4.69) is 4.99 Å². The van der Waals surface area contributed by atoms with Gasteiger partial charge in [-0.2, -0.15) is 0 Å². The Balaban J connectivity index is 2.25. The van der Waals surface area contributed by atoms with E-state index in [9.17, 15) is 14.7 Å². The van der Waals surface area contributed by atoms with E-state index in [4.69, 9.17) is 0 Å². The minimum absolute atomic E-state index is 0.0130. The second kappa shape index (κ2) is 6.85. The number of benzene rings is 2. The van der Waals surface area contributed by atoms with Gasteiger partial charge in [0, 0.05) is 23.2 Å². The highest BCUT2D eigenvalue weighted by atomic mass is 16.3. The smallest absolute Gasteiger partial charge is 0.239 e. The lowest BCUT2D eigenvalue weighted by atomic mass is 9.84. The van der Waals surface area contributed by atoms with Gasteiger partial charge in [0.1, 0.15) is 5.76 Å². The first-order valence-electron chi connectivity index (χ1n) is 8.28. The summed E-state index contributed by atoms with van der Waals surface area (Å²) in [5.41, 5.74) is 2.54. The molecule has 1 aliphatic carbocycles. The third-order valence-electron chi connectivity index (χ3n) is 4.12. The van der Waals surface area contributed by atoms with E-state index in [1.54, 1.807) is 18.2 Å². The van der Waals surface area contributed by atoms with E-state index in [-0.39, 0.29) is 16.9 Å². The second-order valence-corrected chi connectivity index (χ2v) is 6.03. The predicted octanol–water partition coefficient (Wildman–Crippen LogP) is 3.93. The molecule has 2 aromatic rings. The molecule has 0 saturated heterocycles. The first-order valence-corrected chi connectivity index (χ1v) is 8.28. The Morgan fingerprint density at radius 3 is 2.40 bits per heavy atom. The fraction of sp³-hybridized carbons (Fsp3) is 0.190. The number of aryl methyl sites for hydroxylation is 1. The lowest BCUT2D eigenvalue weighted by molar-refractivity contribution is -0.111. The molecule has 0 aliphatic heterocycles. The monoisotopic (exact) mass is 333 g/mol. The molecule has 1 N–H and O–H groups in total. The van der Waals surface area contributed by atoms with Crippen molar-refractivity contribution in [2.45, 2.75) is 20.3 Å². The molecule has 1 aliphatic rings. The molecule has 4 nitrogen and oxygen atoms in total. The van der Waals surface area contributed by atoms with Gasteiger partial charge in [0.2, 0.25) is 11.6 Å². The van der Waals surface area contributed by atoms with Crippen molar-refractivity contribution in [3.05, 3.63) is 76.4 Å². The molecular weight excluding hydrogens is 314 g/mol. The molecule has 4 heteroatoms. The molecule has 0 atom stereocenters. The van der Waals surface area contributed by atoms with Gasteiger partial charge in [0.25, 0.3) is 0 Å². The maximum Gasteiger partial charge on any atom is 0.239 e. The van der Waals surface area contributed by atoms with E-state index in [0.29, 0.717) is 23.4 Å². The Labute approximate surface area is 146 Å². The van der Waals surface area contributed by atoms with Crippen LogP contribution in [0.15, 0.2) is 59.1 Å². The van der Waals surface area contributed by atoms with Gasteiger partial charge in [0.15, 0.2) is 0 Å². The number of aliphatic hydroxyl groups is 1. The molecule has 2 aromatic carbocycles. The minimum atomic E-state index is -0.714. The summed E-state index contributed by atoms with van der Waals surface area (Å²) >= 11 is 0. The fourth-order valence-corrected chi connectivity index (χ4v) is 2.88. The van der Waals surface area contributed by atoms with Gasteiger partial charge >= 0.3 is 0 Å². The molecule has 0 heterocycles. The van der Waals surface area contributed by atoms with Crippen LogP contribution in [0.5, 0.6) is 0 Å². The number of hydrogen-bond acceptors (Lipinski definition) is 4. The van der Waals surface area contributed by atoms with Crippen molar-refractivity contribution in [3.8, 4) is 0 Å². The number of hydrogen-bond donors (Lipinski definition) is 1. The van der Waals surface area contributed by atoms with Gasteiger partial charge in [-0.25, -0.2) is 0 Å². The molecular formula is C21H19NO3. The first-order chi connectivity index (χ1) is 12.0. The molecule has 0 aromatic heterocycles. The Hall–Kier alpha value is -3.01. The standard InChI is InChI=1S/C21H19NO3/c1-3-11-22-18(14-7-5-4-6-8-14)17-19(23)15-10-9-13(2)12-16(15)20(24)21(17)25/h4-10,12,23H,3,11H2,1-2H3. The summed E-state index contributed by atoms with van der Waals surface area (Å²) in [6, 6.07) is 14.3. The summed E-state index contributed by atoms with van der Waals surface area (Å²) in [5.74, 6) is -1.50. The van der Waals surface area contributed by atoms with E-state index in [1.165, 1.54) is 0 Å². The molecule has 0 amide bonds. The van der Waals surface area contributed by atoms with Crippen LogP contribution in [-0.2, 0) is 4.79 Å². The number of carbonyl (C=O) groups is 2. The van der Waals surface area contributed by atoms with Crippen LogP contribution in [0.4, 0.5) is 0 Å². The molecule has 0 bridgehead atoms. The zero-order valence-electron chi connectivity index (χ0n) is 14.2. The van der Waals surface area contributed by atoms with Gasteiger partial charge in [0.05, 0.1) is 11.3 Å². The predicted molar refractivity (Wildman–Crippen MR) is 98.2 cm³/mol. The van der Waals surface area contributed by atoms with Crippen molar-refractivity contribution in [2.24, 2.45) is 4.99 Å². The van der Waals surface area contributed by atoms with Gasteiger partial charge < -0.3 is 5.11 Å². The third kappa shape index (κ3) is 3.03. The van der Waals surface area contributed by atoms with E-state index in [0.717, 1.165) is 12.0 Å². The molecule has 0 unspecified atom stereocenters. The van der Waals surface area contributed by atoms with Gasteiger partial charge in [-0.1, -0.05) is 55.0 Å². The van der Waals surface area contributed by atoms with Crippen LogP contribution in [-0.4, -0.2) is 28.9 Å². The number of aliphatic imine (C=N–C) groups is 1. The van der Waals surface area contributed by atoms with Crippen LogP contribution < -0.4 is 0 Å². The highest BCUT2D eigenvalue weighted by Gasteiger charge is 2.35. The third-order valence-corrected chi connectivity index (χ3v) is 4.12. The summed E-state index contributed by atoms with van der Waals surface area (Å²) in [4.78, 5) is 29.8. The fourth-order valence-electron chi connectivity index (χ4n) is 2.88. The average Bonchev–Trinajstić information content (AvgIpc) is 2.63. The number of allylic oxidation sites excluding steroid dienone is 1. The first kappa shape index (κ1) is 16.8. The van der Waals surface area contributed by atoms with E-state index in [1.807, 2.05) is 44.2 Å². The topological polar surface area (TPSA) is 66.7 Å². The molecule has 126 valence electrons. The van der Waals surface area contributed by atoms with Crippen LogP contribution in [0, 0.1) is 6.92 Å². The van der Waals surface area contributed by atoms with Crippen LogP contribution in [0.3, 0.4) is 0 Å². The number of carbonyl (C=O) groups excluding carboxylic acids is 2. The van der Waals surface area contributed by atoms with Gasteiger partial charge in [-0.15, -0.1) is 0 Å². The highest BCUT2D eigenvalue weighted by Crippen LogP contribution is 2.30. The Bertz CT molecular complexity index is 908. The van der Waals surface area contributed by atoms with Gasteiger partial charge in [-0.3, -0.25) is 14.6 Å². The summed E-state index contributed by atoms with van der Waals surface area (Å²) in [7, 11) is 0. The maximum absolute atomic E-state index is 12.7. The Morgan fingerprint density at radius 1 is 1.00 bits per heavy atom. The lowest BCUT2D eigenvalue weighted by Crippen LogP contribution is -2.29. The summed E-state index contributed by atoms with van der Waals surface area (Å²) in [6.45, 7) is 4.32. The average molecular weight is 333 g/mol. The number of aliphatic hydroxyl groups excluding tert-OH is 1. The number of nitrogens with zero attached hydrogens (tertiary/aromatic N) is 1. The minimum Gasteiger partial charge on any atom is -0.506 e. The second-order valence-electron chi connectivity index (χ2n) is 6.03. The van der Waals surface area contributed by atoms with Crippen molar-refractivity contribution in [1.29, 1.82) is 0 Å². The molecule has 25 heavy (non-hydrogen) atoms. The normalized spacial score (nSPS) is 14.7. The van der Waals surface area contributed by atoms with Crippen molar-refractivity contribution in [1.82, 2.24) is 0 Å². The number of rotatable bonds is 4. The summed E-state index contributed by atoms with van der Waals surface area (Å²) < 4.78 is 0. The Morgan fingerprint density at radius 2 is 1.72 bits per heavy atom. The van der Waals surface area contributed by atoms with Crippen LogP contribution in [0.1, 0.15) is 40.4 Å². The largest absolute Gasteiger partial charge is 0.506 e. The van der Waals surface area contributed by atoms with Crippen molar-refractivity contribution >= 4 is 23.0 Å². The van der Waals surface area contributed by atoms with Crippen molar-refractivity contribution in [2.75, 3.05) is 6.54 Å². The molecule has 0 radical (unpaired) electrons. The van der Waals surface area contributed by atoms with Crippen LogP contribution in [0.25, 0.3) is 5.76 Å². The van der Waals surface area contributed by atoms with E-state index >= 15 is 0 Å². The Kier molecular flexibility index (Phi) is 4.61. The molecule has 0 saturated carbocycles. The molecule has 0 spiro atoms. The number of Topliss-reactive ketones (excluding diaryl/α,β-unsaturated/α-hetero) is 2. The zero-order valence-corrected chi connectivity index (χ0v) is 14.2. The van der Waals surface area contributed by atoms with Crippen LogP contribution in [0.2, 0.25) is 0 Å². The SMILES string of the molecule is CCCN=C(C1=C(O)c2ccc(C)cc2C(=O)C1=O)c1ccccc1. The molecule has 3 rings (SSSR count). The van der Waals surface area contributed by atoms with Crippen molar-refractivity contribution < 1.29 is 14.7 Å². The number of fused-ring (bicyclic) bond motifs is 1.